The first-order valence-electron chi connectivity index (χ1n) is 8.50. The Hall–Kier alpha value is -3.73. The van der Waals surface area contributed by atoms with Gasteiger partial charge in [-0.25, -0.2) is 9.03 Å². The van der Waals surface area contributed by atoms with Crippen molar-refractivity contribution in [2.75, 3.05) is 9.62 Å². The van der Waals surface area contributed by atoms with E-state index in [1.54, 1.807) is 24.3 Å². The number of rotatable bonds is 3. The van der Waals surface area contributed by atoms with E-state index in [1.807, 2.05) is 4.72 Å². The number of anilines is 2. The third kappa shape index (κ3) is 3.43. The average Bonchev–Trinajstić information content (AvgIpc) is 2.86. The Labute approximate surface area is 165 Å². The van der Waals surface area contributed by atoms with Crippen LogP contribution in [0.2, 0.25) is 0 Å². The second-order valence-electron chi connectivity index (χ2n) is 6.51. The number of nitrogens with one attached hydrogen (secondary N) is 3. The van der Waals surface area contributed by atoms with Gasteiger partial charge in [-0.1, -0.05) is 18.2 Å². The highest BCUT2D eigenvalue weighted by molar-refractivity contribution is 7.91. The van der Waals surface area contributed by atoms with E-state index in [9.17, 15) is 28.2 Å². The fourth-order valence-electron chi connectivity index (χ4n) is 3.16. The molecule has 29 heavy (non-hydrogen) atoms. The highest BCUT2D eigenvalue weighted by atomic mass is 32.2. The van der Waals surface area contributed by atoms with E-state index >= 15 is 0 Å². The number of aliphatic hydroxyl groups is 1. The van der Waals surface area contributed by atoms with E-state index < -0.39 is 33.9 Å². The molecule has 2 amide bonds. The number of fused-ring (bicyclic) bond motifs is 1. The Bertz CT molecular complexity index is 1160. The summed E-state index contributed by atoms with van der Waals surface area (Å²) in [6, 6.07) is 9.89. The molecule has 2 aromatic carbocycles. The zero-order chi connectivity index (χ0) is 20.8. The largest absolute Gasteiger partial charge is 0.506 e. The summed E-state index contributed by atoms with van der Waals surface area (Å²) in [6.07, 6.45) is 0.992. The number of benzene rings is 2. The van der Waals surface area contributed by atoms with Crippen LogP contribution < -0.4 is 19.7 Å². The minimum atomic E-state index is -4.04. The smallest absolute Gasteiger partial charge is 0.330 e. The lowest BCUT2D eigenvalue weighted by Gasteiger charge is -2.18. The summed E-state index contributed by atoms with van der Waals surface area (Å²) < 4.78 is 26.5. The van der Waals surface area contributed by atoms with Gasteiger partial charge >= 0.3 is 10.2 Å². The summed E-state index contributed by atoms with van der Waals surface area (Å²) >= 11 is 0. The summed E-state index contributed by atoms with van der Waals surface area (Å²) in [4.78, 5) is 24.9. The fourth-order valence-corrected chi connectivity index (χ4v) is 4.23. The molecule has 0 radical (unpaired) electrons. The Balaban J connectivity index is 1.57. The quantitative estimate of drug-likeness (QED) is 0.497. The van der Waals surface area contributed by atoms with Crippen LogP contribution >= 0.6 is 0 Å². The standard InChI is InChI=1S/C18H16N4O6S/c23-15-8-10(5-6-14(15)22-9-16(24)21-29(22,27)28)7-13-18(26)19-12-4-2-1-3-11(12)17(25)20-13/h1-6,8-9,13,21,23-24H,7H2,(H,19,26)(H,20,25). The molecule has 2 aromatic rings. The maximum Gasteiger partial charge on any atom is 0.330 e. The summed E-state index contributed by atoms with van der Waals surface area (Å²) in [6.45, 7) is 0. The zero-order valence-electron chi connectivity index (χ0n) is 14.8. The molecular weight excluding hydrogens is 400 g/mol. The van der Waals surface area contributed by atoms with E-state index in [0.717, 1.165) is 6.20 Å². The Morgan fingerprint density at radius 1 is 1.07 bits per heavy atom. The molecule has 11 heteroatoms. The number of para-hydroxylation sites is 1. The Kier molecular flexibility index (Phi) is 4.31. The molecule has 0 fully saturated rings. The van der Waals surface area contributed by atoms with Gasteiger partial charge in [-0.05, 0) is 29.8 Å². The van der Waals surface area contributed by atoms with Gasteiger partial charge in [0.05, 0.1) is 17.5 Å². The number of amides is 2. The lowest BCUT2D eigenvalue weighted by molar-refractivity contribution is -0.117. The number of phenols is 1. The highest BCUT2D eigenvalue weighted by Crippen LogP contribution is 2.33. The number of phenolic OH excluding ortho intramolecular Hbond substituents is 1. The molecule has 2 aliphatic rings. The predicted molar refractivity (Wildman–Crippen MR) is 103 cm³/mol. The van der Waals surface area contributed by atoms with Gasteiger partial charge in [0.2, 0.25) is 11.8 Å². The van der Waals surface area contributed by atoms with E-state index in [0.29, 0.717) is 21.1 Å². The first-order chi connectivity index (χ1) is 13.7. The number of hydrogen-bond acceptors (Lipinski definition) is 6. The number of hydrogen-bond donors (Lipinski definition) is 5. The summed E-state index contributed by atoms with van der Waals surface area (Å²) in [5.41, 5.74) is 1.18. The molecule has 0 aliphatic carbocycles. The van der Waals surface area contributed by atoms with Crippen molar-refractivity contribution < 1.29 is 28.2 Å². The molecule has 150 valence electrons. The number of carbonyl (C=O) groups excluding carboxylic acids is 2. The van der Waals surface area contributed by atoms with Crippen molar-refractivity contribution in [1.29, 1.82) is 0 Å². The van der Waals surface area contributed by atoms with Gasteiger partial charge in [-0.2, -0.15) is 8.42 Å². The van der Waals surface area contributed by atoms with Crippen LogP contribution in [0.3, 0.4) is 0 Å². The van der Waals surface area contributed by atoms with Crippen molar-refractivity contribution in [2.45, 2.75) is 12.5 Å². The minimum Gasteiger partial charge on any atom is -0.506 e. The van der Waals surface area contributed by atoms with Crippen molar-refractivity contribution in [3.05, 3.63) is 65.7 Å². The van der Waals surface area contributed by atoms with Crippen molar-refractivity contribution in [3.8, 4) is 5.75 Å². The second kappa shape index (κ2) is 6.71. The van der Waals surface area contributed by atoms with Gasteiger partial charge in [-0.3, -0.25) is 9.59 Å². The fraction of sp³-hybridized carbons (Fsp3) is 0.111. The van der Waals surface area contributed by atoms with Gasteiger partial charge in [0.25, 0.3) is 5.91 Å². The third-order valence-electron chi connectivity index (χ3n) is 4.50. The zero-order valence-corrected chi connectivity index (χ0v) is 15.6. The Morgan fingerprint density at radius 2 is 1.83 bits per heavy atom. The van der Waals surface area contributed by atoms with Crippen LogP contribution in [0.25, 0.3) is 0 Å². The molecule has 1 unspecified atom stereocenters. The van der Waals surface area contributed by atoms with Gasteiger partial charge in [0.1, 0.15) is 17.5 Å². The molecule has 2 heterocycles. The third-order valence-corrected chi connectivity index (χ3v) is 5.79. The molecule has 2 aliphatic heterocycles. The van der Waals surface area contributed by atoms with Crippen LogP contribution in [0.4, 0.5) is 11.4 Å². The second-order valence-corrected chi connectivity index (χ2v) is 8.05. The van der Waals surface area contributed by atoms with Crippen LogP contribution in [0, 0.1) is 0 Å². The normalized spacial score (nSPS) is 20.1. The molecule has 0 aromatic heterocycles. The predicted octanol–water partition coefficient (Wildman–Crippen LogP) is 0.697. The van der Waals surface area contributed by atoms with E-state index in [2.05, 4.69) is 10.6 Å². The maximum atomic E-state index is 12.5. The Morgan fingerprint density at radius 3 is 2.52 bits per heavy atom. The van der Waals surface area contributed by atoms with Crippen LogP contribution in [-0.4, -0.2) is 36.5 Å². The van der Waals surface area contributed by atoms with E-state index in [-0.39, 0.29) is 17.9 Å². The van der Waals surface area contributed by atoms with Crippen molar-refractivity contribution in [2.24, 2.45) is 0 Å². The number of nitrogens with zero attached hydrogens (tertiary/aromatic N) is 1. The van der Waals surface area contributed by atoms with Crippen LogP contribution in [0.1, 0.15) is 15.9 Å². The van der Waals surface area contributed by atoms with E-state index in [1.165, 1.54) is 18.2 Å². The van der Waals surface area contributed by atoms with Gasteiger partial charge < -0.3 is 20.8 Å². The summed E-state index contributed by atoms with van der Waals surface area (Å²) in [5.74, 6) is -1.76. The van der Waals surface area contributed by atoms with Crippen molar-refractivity contribution in [3.63, 3.8) is 0 Å². The lowest BCUT2D eigenvalue weighted by atomic mass is 10.0. The molecule has 1 atom stereocenters. The average molecular weight is 416 g/mol. The van der Waals surface area contributed by atoms with Crippen molar-refractivity contribution >= 4 is 33.4 Å². The molecule has 0 saturated carbocycles. The number of aliphatic hydroxyl groups excluding tert-OH is 1. The summed E-state index contributed by atoms with van der Waals surface area (Å²) in [5, 5.41) is 25.0. The molecule has 0 bridgehead atoms. The topological polar surface area (TPSA) is 148 Å². The van der Waals surface area contributed by atoms with E-state index in [4.69, 9.17) is 0 Å². The SMILES string of the molecule is O=C1NC(Cc2ccc(N3C=C(O)NS3(=O)=O)c(O)c2)C(=O)Nc2ccccc21. The molecule has 5 N–H and O–H groups in total. The minimum absolute atomic E-state index is 0.0749. The van der Waals surface area contributed by atoms with Crippen molar-refractivity contribution in [1.82, 2.24) is 10.0 Å². The van der Waals surface area contributed by atoms with Crippen LogP contribution in [0.15, 0.2) is 54.5 Å². The number of aromatic hydroxyl groups is 1. The maximum absolute atomic E-state index is 12.5. The molecule has 0 saturated heterocycles. The number of carbonyl (C=O) groups is 2. The molecule has 0 spiro atoms. The first kappa shape index (κ1) is 18.6. The monoisotopic (exact) mass is 416 g/mol. The first-order valence-corrected chi connectivity index (χ1v) is 9.94. The lowest BCUT2D eigenvalue weighted by Crippen LogP contribution is -2.42. The van der Waals surface area contributed by atoms with Crippen LogP contribution in [0.5, 0.6) is 5.75 Å². The summed E-state index contributed by atoms with van der Waals surface area (Å²) in [7, 11) is -4.04. The molecule has 4 rings (SSSR count). The van der Waals surface area contributed by atoms with Crippen LogP contribution in [-0.2, 0) is 21.4 Å². The van der Waals surface area contributed by atoms with Gasteiger partial charge in [-0.15, -0.1) is 0 Å². The molecular formula is C18H16N4O6S. The van der Waals surface area contributed by atoms with Gasteiger partial charge in [0, 0.05) is 6.42 Å². The molecule has 10 nitrogen and oxygen atoms in total. The van der Waals surface area contributed by atoms with Gasteiger partial charge in [0.15, 0.2) is 0 Å². The highest BCUT2D eigenvalue weighted by Gasteiger charge is 2.31.